The van der Waals surface area contributed by atoms with Gasteiger partial charge in [0.05, 0.1) is 39.6 Å². The maximum Gasteiger partial charge on any atom is 0.327 e. The fraction of sp³-hybridized carbons (Fsp3) is 0.667. The first-order valence-corrected chi connectivity index (χ1v) is 4.41. The molecule has 0 saturated carbocycles. The fourth-order valence-corrected chi connectivity index (χ4v) is 0.451. The van der Waals surface area contributed by atoms with E-state index in [4.69, 9.17) is 24.8 Å². The van der Waals surface area contributed by atoms with Gasteiger partial charge in [-0.2, -0.15) is 0 Å². The van der Waals surface area contributed by atoms with Crippen molar-refractivity contribution in [2.75, 3.05) is 39.6 Å². The standard InChI is InChI=1S/C6H14O4.C3H4O2/c7-1-3-9-5-6-10-4-2-8;1-2-3(4)5/h7-8H,1-6H2;2H,1H2,(H,4,5). The minimum atomic E-state index is -0.981. The van der Waals surface area contributed by atoms with E-state index < -0.39 is 5.97 Å². The van der Waals surface area contributed by atoms with E-state index in [1.165, 1.54) is 0 Å². The van der Waals surface area contributed by atoms with Crippen LogP contribution in [0.15, 0.2) is 12.7 Å². The number of aliphatic hydroxyl groups excluding tert-OH is 2. The molecule has 6 nitrogen and oxygen atoms in total. The van der Waals surface area contributed by atoms with E-state index in [0.717, 1.165) is 6.08 Å². The van der Waals surface area contributed by atoms with Crippen molar-refractivity contribution < 1.29 is 29.6 Å². The molecule has 0 aromatic carbocycles. The Bertz CT molecular complexity index is 140. The van der Waals surface area contributed by atoms with Crippen molar-refractivity contribution in [3.05, 3.63) is 12.7 Å². The number of hydrogen-bond acceptors (Lipinski definition) is 5. The van der Waals surface area contributed by atoms with Gasteiger partial charge in [0.25, 0.3) is 0 Å². The van der Waals surface area contributed by atoms with Crippen LogP contribution in [0, 0.1) is 0 Å². The van der Waals surface area contributed by atoms with Crippen molar-refractivity contribution in [2.45, 2.75) is 0 Å². The van der Waals surface area contributed by atoms with Crippen LogP contribution in [-0.4, -0.2) is 60.9 Å². The normalized spacial score (nSPS) is 8.93. The molecule has 0 spiro atoms. The second-order valence-corrected chi connectivity index (χ2v) is 2.21. The summed E-state index contributed by atoms with van der Waals surface area (Å²) in [6.45, 7) is 4.69. The lowest BCUT2D eigenvalue weighted by Gasteiger charge is -2.01. The molecule has 0 aliphatic carbocycles. The average molecular weight is 222 g/mol. The van der Waals surface area contributed by atoms with Crippen molar-refractivity contribution >= 4 is 5.97 Å². The van der Waals surface area contributed by atoms with Gasteiger partial charge in [0.2, 0.25) is 0 Å². The summed E-state index contributed by atoms with van der Waals surface area (Å²) in [5.74, 6) is -0.981. The van der Waals surface area contributed by atoms with Crippen LogP contribution in [-0.2, 0) is 14.3 Å². The topological polar surface area (TPSA) is 96.2 Å². The maximum atomic E-state index is 9.25. The van der Waals surface area contributed by atoms with Crippen molar-refractivity contribution in [2.24, 2.45) is 0 Å². The summed E-state index contributed by atoms with van der Waals surface area (Å²) in [4.78, 5) is 9.25. The zero-order valence-corrected chi connectivity index (χ0v) is 8.59. The Morgan fingerprint density at radius 2 is 1.40 bits per heavy atom. The van der Waals surface area contributed by atoms with Gasteiger partial charge in [0, 0.05) is 6.08 Å². The highest BCUT2D eigenvalue weighted by molar-refractivity contribution is 5.78. The fourth-order valence-electron chi connectivity index (χ4n) is 0.451. The predicted molar refractivity (Wildman–Crippen MR) is 53.6 cm³/mol. The van der Waals surface area contributed by atoms with Gasteiger partial charge in [-0.1, -0.05) is 6.58 Å². The average Bonchev–Trinajstić information content (AvgIpc) is 2.24. The zero-order valence-electron chi connectivity index (χ0n) is 8.59. The molecule has 6 heteroatoms. The molecule has 0 radical (unpaired) electrons. The molecule has 0 atom stereocenters. The van der Waals surface area contributed by atoms with E-state index in [1.807, 2.05) is 0 Å². The largest absolute Gasteiger partial charge is 0.478 e. The number of carbonyl (C=O) groups is 1. The summed E-state index contributed by atoms with van der Waals surface area (Å²) < 4.78 is 9.75. The number of hydrogen-bond donors (Lipinski definition) is 3. The molecule has 0 aromatic heterocycles. The first-order valence-electron chi connectivity index (χ1n) is 4.41. The van der Waals surface area contributed by atoms with Crippen LogP contribution in [0.4, 0.5) is 0 Å². The van der Waals surface area contributed by atoms with E-state index in [0.29, 0.717) is 26.4 Å². The van der Waals surface area contributed by atoms with Crippen molar-refractivity contribution in [1.82, 2.24) is 0 Å². The van der Waals surface area contributed by atoms with Crippen LogP contribution in [0.2, 0.25) is 0 Å². The molecule has 0 fully saturated rings. The summed E-state index contributed by atoms with van der Waals surface area (Å²) in [6.07, 6.45) is 0.833. The molecule has 3 N–H and O–H groups in total. The van der Waals surface area contributed by atoms with Gasteiger partial charge in [-0.25, -0.2) is 4.79 Å². The minimum absolute atomic E-state index is 0.0417. The number of carboxylic acid groups (broad SMARTS) is 1. The summed E-state index contributed by atoms with van der Waals surface area (Å²) >= 11 is 0. The van der Waals surface area contributed by atoms with Gasteiger partial charge in [0.1, 0.15) is 0 Å². The molecular formula is C9H18O6. The van der Waals surface area contributed by atoms with Gasteiger partial charge in [-0.05, 0) is 0 Å². The molecule has 90 valence electrons. The second-order valence-electron chi connectivity index (χ2n) is 2.21. The lowest BCUT2D eigenvalue weighted by molar-refractivity contribution is -0.131. The van der Waals surface area contributed by atoms with Crippen molar-refractivity contribution in [1.29, 1.82) is 0 Å². The summed E-state index contributed by atoms with van der Waals surface area (Å²) in [6, 6.07) is 0. The monoisotopic (exact) mass is 222 g/mol. The molecule has 0 heterocycles. The van der Waals surface area contributed by atoms with E-state index in [-0.39, 0.29) is 13.2 Å². The molecule has 0 saturated heterocycles. The summed E-state index contributed by atoms with van der Waals surface area (Å²) in [5, 5.41) is 24.1. The zero-order chi connectivity index (χ0) is 11.9. The van der Waals surface area contributed by atoms with Gasteiger partial charge in [0.15, 0.2) is 0 Å². The Morgan fingerprint density at radius 1 is 1.07 bits per heavy atom. The van der Waals surface area contributed by atoms with E-state index in [2.05, 4.69) is 6.58 Å². The Hall–Kier alpha value is -0.950. The Labute approximate surface area is 88.7 Å². The summed E-state index contributed by atoms with van der Waals surface area (Å²) in [7, 11) is 0. The Morgan fingerprint density at radius 3 is 1.60 bits per heavy atom. The van der Waals surface area contributed by atoms with E-state index in [9.17, 15) is 4.79 Å². The molecule has 0 aliphatic rings. The summed E-state index contributed by atoms with van der Waals surface area (Å²) in [5.41, 5.74) is 0. The van der Waals surface area contributed by atoms with Crippen LogP contribution >= 0.6 is 0 Å². The molecule has 0 amide bonds. The lowest BCUT2D eigenvalue weighted by Crippen LogP contribution is -2.09. The van der Waals surface area contributed by atoms with Crippen LogP contribution in [0.25, 0.3) is 0 Å². The minimum Gasteiger partial charge on any atom is -0.478 e. The SMILES string of the molecule is C=CC(=O)O.OCCOCCOCCO. The molecular weight excluding hydrogens is 204 g/mol. The molecule has 0 bridgehead atoms. The Kier molecular flexibility index (Phi) is 17.0. The van der Waals surface area contributed by atoms with Gasteiger partial charge >= 0.3 is 5.97 Å². The van der Waals surface area contributed by atoms with E-state index in [1.54, 1.807) is 0 Å². The van der Waals surface area contributed by atoms with Gasteiger partial charge in [-0.15, -0.1) is 0 Å². The van der Waals surface area contributed by atoms with E-state index >= 15 is 0 Å². The molecule has 15 heavy (non-hydrogen) atoms. The Balaban J connectivity index is 0. The predicted octanol–water partition coefficient (Wildman–Crippen LogP) is -0.739. The third kappa shape index (κ3) is 24.6. The number of ether oxygens (including phenoxy) is 2. The lowest BCUT2D eigenvalue weighted by atomic mass is 10.7. The first-order chi connectivity index (χ1) is 7.18. The highest BCUT2D eigenvalue weighted by Gasteiger charge is 1.86. The van der Waals surface area contributed by atoms with Crippen LogP contribution in [0.1, 0.15) is 0 Å². The quantitative estimate of drug-likeness (QED) is 0.370. The number of aliphatic hydroxyl groups is 2. The molecule has 0 rings (SSSR count). The highest BCUT2D eigenvalue weighted by atomic mass is 16.5. The van der Waals surface area contributed by atoms with Crippen LogP contribution in [0.3, 0.4) is 0 Å². The number of aliphatic carboxylic acids is 1. The first kappa shape index (κ1) is 16.5. The highest BCUT2D eigenvalue weighted by Crippen LogP contribution is 1.76. The third-order valence-corrected chi connectivity index (χ3v) is 1.02. The van der Waals surface area contributed by atoms with Crippen LogP contribution in [0.5, 0.6) is 0 Å². The number of rotatable bonds is 8. The smallest absolute Gasteiger partial charge is 0.327 e. The van der Waals surface area contributed by atoms with Crippen molar-refractivity contribution in [3.63, 3.8) is 0 Å². The number of carboxylic acids is 1. The van der Waals surface area contributed by atoms with Gasteiger partial charge < -0.3 is 24.8 Å². The maximum absolute atomic E-state index is 9.25. The third-order valence-electron chi connectivity index (χ3n) is 1.02. The van der Waals surface area contributed by atoms with Crippen LogP contribution < -0.4 is 0 Å². The second kappa shape index (κ2) is 15.5. The molecule has 0 aliphatic heterocycles. The molecule has 0 unspecified atom stereocenters. The van der Waals surface area contributed by atoms with Gasteiger partial charge in [-0.3, -0.25) is 0 Å². The van der Waals surface area contributed by atoms with Crippen molar-refractivity contribution in [3.8, 4) is 0 Å². The molecule has 0 aromatic rings.